The number of fused-ring (bicyclic) bond motifs is 2. The van der Waals surface area contributed by atoms with Gasteiger partial charge < -0.3 is 20.8 Å². The molecule has 7 nitrogen and oxygen atoms in total. The molecule has 1 amide bonds. The van der Waals surface area contributed by atoms with Crippen LogP contribution in [-0.2, 0) is 24.1 Å². The Bertz CT molecular complexity index is 1360. The van der Waals surface area contributed by atoms with E-state index in [4.69, 9.17) is 20.4 Å². The van der Waals surface area contributed by atoms with Crippen molar-refractivity contribution in [2.24, 2.45) is 5.73 Å². The molecule has 0 bridgehead atoms. The molecule has 0 radical (unpaired) electrons. The first-order chi connectivity index (χ1) is 16.0. The summed E-state index contributed by atoms with van der Waals surface area (Å²) in [6.07, 6.45) is 1.37. The number of amides is 1. The Labute approximate surface area is 190 Å². The van der Waals surface area contributed by atoms with Crippen LogP contribution in [0.15, 0.2) is 42.5 Å². The second kappa shape index (κ2) is 8.63. The number of halogens is 1. The molecule has 4 N–H and O–H groups in total. The van der Waals surface area contributed by atoms with Crippen LogP contribution in [0.4, 0.5) is 10.2 Å². The van der Waals surface area contributed by atoms with Crippen LogP contribution in [0.5, 0.6) is 0 Å². The Morgan fingerprint density at radius 2 is 2.00 bits per heavy atom. The number of ether oxygens (including phenoxy) is 1. The number of para-hydroxylation sites is 1. The van der Waals surface area contributed by atoms with Crippen molar-refractivity contribution in [3.63, 3.8) is 0 Å². The first-order valence-corrected chi connectivity index (χ1v) is 10.9. The molecule has 2 aromatic heterocycles. The highest BCUT2D eigenvalue weighted by molar-refractivity contribution is 6.09. The fourth-order valence-corrected chi connectivity index (χ4v) is 4.38. The van der Waals surface area contributed by atoms with Crippen LogP contribution in [0.25, 0.3) is 22.3 Å². The second-order valence-electron chi connectivity index (χ2n) is 8.13. The number of benzene rings is 2. The van der Waals surface area contributed by atoms with Crippen molar-refractivity contribution in [3.05, 3.63) is 76.4 Å². The Morgan fingerprint density at radius 1 is 1.18 bits per heavy atom. The third kappa shape index (κ3) is 4.05. The van der Waals surface area contributed by atoms with Crippen LogP contribution < -0.4 is 11.1 Å². The number of carbonyl (C=O) groups excluding carboxylic acids is 1. The number of primary amides is 1. The van der Waals surface area contributed by atoms with E-state index >= 15 is 0 Å². The quantitative estimate of drug-likeness (QED) is 0.432. The van der Waals surface area contributed by atoms with Gasteiger partial charge in [0.15, 0.2) is 5.82 Å². The minimum absolute atomic E-state index is 0.274. The molecule has 1 aliphatic heterocycles. The molecular weight excluding hydrogens is 421 g/mol. The van der Waals surface area contributed by atoms with Gasteiger partial charge in [0.25, 0.3) is 5.91 Å². The number of nitrogens with two attached hydrogens (primary N) is 1. The van der Waals surface area contributed by atoms with Gasteiger partial charge in [-0.3, -0.25) is 4.79 Å². The van der Waals surface area contributed by atoms with Crippen LogP contribution in [-0.4, -0.2) is 34.1 Å². The van der Waals surface area contributed by atoms with Crippen molar-refractivity contribution in [2.45, 2.75) is 26.3 Å². The molecule has 4 aromatic rings. The van der Waals surface area contributed by atoms with E-state index in [2.05, 4.69) is 10.3 Å². The predicted molar refractivity (Wildman–Crippen MR) is 125 cm³/mol. The highest BCUT2D eigenvalue weighted by atomic mass is 19.1. The SMILES string of the molecule is Cc1[nH]c2c(C(N)=O)cccc2c1-c1nc2c(c(NCc3cccc(F)c3)n1)CCOCC2. The van der Waals surface area contributed by atoms with E-state index in [-0.39, 0.29) is 5.82 Å². The summed E-state index contributed by atoms with van der Waals surface area (Å²) < 4.78 is 19.3. The number of hydrogen-bond acceptors (Lipinski definition) is 5. The van der Waals surface area contributed by atoms with Crippen LogP contribution in [0.2, 0.25) is 0 Å². The monoisotopic (exact) mass is 445 g/mol. The van der Waals surface area contributed by atoms with E-state index < -0.39 is 5.91 Å². The number of hydrogen-bond donors (Lipinski definition) is 3. The summed E-state index contributed by atoms with van der Waals surface area (Å²) in [5.41, 5.74) is 11.1. The molecule has 3 heterocycles. The molecule has 168 valence electrons. The van der Waals surface area contributed by atoms with E-state index in [1.165, 1.54) is 12.1 Å². The summed E-state index contributed by atoms with van der Waals surface area (Å²) in [7, 11) is 0. The van der Waals surface area contributed by atoms with Gasteiger partial charge in [0, 0.05) is 41.6 Å². The summed E-state index contributed by atoms with van der Waals surface area (Å²) in [5, 5.41) is 4.22. The van der Waals surface area contributed by atoms with Crippen molar-refractivity contribution in [2.75, 3.05) is 18.5 Å². The second-order valence-corrected chi connectivity index (χ2v) is 8.13. The molecule has 1 aliphatic rings. The van der Waals surface area contributed by atoms with Crippen LogP contribution in [0, 0.1) is 12.7 Å². The van der Waals surface area contributed by atoms with Crippen LogP contribution in [0.3, 0.4) is 0 Å². The number of H-pyrrole nitrogens is 1. The van der Waals surface area contributed by atoms with Crippen molar-refractivity contribution in [1.29, 1.82) is 0 Å². The Hall–Kier alpha value is -3.78. The molecule has 0 spiro atoms. The molecule has 0 unspecified atom stereocenters. The third-order valence-electron chi connectivity index (χ3n) is 5.93. The van der Waals surface area contributed by atoms with Gasteiger partial charge in [-0.25, -0.2) is 14.4 Å². The fraction of sp³-hybridized carbons (Fsp3) is 0.240. The molecule has 0 atom stereocenters. The zero-order valence-electron chi connectivity index (χ0n) is 18.2. The zero-order chi connectivity index (χ0) is 22.9. The summed E-state index contributed by atoms with van der Waals surface area (Å²) in [4.78, 5) is 25.0. The predicted octanol–water partition coefficient (Wildman–Crippen LogP) is 3.90. The van der Waals surface area contributed by atoms with Crippen molar-refractivity contribution < 1.29 is 13.9 Å². The lowest BCUT2D eigenvalue weighted by molar-refractivity contribution is 0.100. The maximum atomic E-state index is 13.6. The molecule has 0 aliphatic carbocycles. The van der Waals surface area contributed by atoms with Gasteiger partial charge in [0.2, 0.25) is 0 Å². The van der Waals surface area contributed by atoms with Crippen molar-refractivity contribution in [1.82, 2.24) is 15.0 Å². The van der Waals surface area contributed by atoms with E-state index in [0.29, 0.717) is 55.3 Å². The lowest BCUT2D eigenvalue weighted by Gasteiger charge is -2.15. The smallest absolute Gasteiger partial charge is 0.250 e. The summed E-state index contributed by atoms with van der Waals surface area (Å²) in [5.74, 6) is 0.503. The number of nitrogens with one attached hydrogen (secondary N) is 2. The average molecular weight is 445 g/mol. The molecular formula is C25H24FN5O2. The number of aromatic nitrogens is 3. The summed E-state index contributed by atoms with van der Waals surface area (Å²) >= 11 is 0. The number of aryl methyl sites for hydroxylation is 1. The maximum absolute atomic E-state index is 13.6. The minimum Gasteiger partial charge on any atom is -0.381 e. The van der Waals surface area contributed by atoms with Gasteiger partial charge in [-0.15, -0.1) is 0 Å². The molecule has 0 saturated carbocycles. The Kier molecular flexibility index (Phi) is 5.51. The Morgan fingerprint density at radius 3 is 2.82 bits per heavy atom. The number of rotatable bonds is 5. The molecule has 33 heavy (non-hydrogen) atoms. The maximum Gasteiger partial charge on any atom is 0.250 e. The lowest BCUT2D eigenvalue weighted by Crippen LogP contribution is -2.11. The van der Waals surface area contributed by atoms with Crippen molar-refractivity contribution in [3.8, 4) is 11.4 Å². The number of aromatic amines is 1. The van der Waals surface area contributed by atoms with E-state index in [0.717, 1.165) is 33.5 Å². The first-order valence-electron chi connectivity index (χ1n) is 10.9. The number of nitrogens with zero attached hydrogens (tertiary/aromatic N) is 2. The largest absolute Gasteiger partial charge is 0.381 e. The number of carbonyl (C=O) groups is 1. The van der Waals surface area contributed by atoms with E-state index in [1.54, 1.807) is 18.2 Å². The normalized spacial score (nSPS) is 13.5. The highest BCUT2D eigenvalue weighted by Crippen LogP contribution is 2.34. The van der Waals surface area contributed by atoms with Gasteiger partial charge in [0.05, 0.1) is 30.0 Å². The fourth-order valence-electron chi connectivity index (χ4n) is 4.38. The standard InChI is InChI=1S/C25H24FN5O2/c1-14-21(18-6-3-7-19(23(27)32)22(18)29-14)25-30-20-9-11-33-10-8-17(20)24(31-25)28-13-15-4-2-5-16(26)12-15/h2-7,12,29H,8-11,13H2,1H3,(H2,27,32)(H,28,30,31). The van der Waals surface area contributed by atoms with E-state index in [1.807, 2.05) is 19.1 Å². The third-order valence-corrected chi connectivity index (χ3v) is 5.93. The van der Waals surface area contributed by atoms with Crippen molar-refractivity contribution >= 4 is 22.6 Å². The van der Waals surface area contributed by atoms with E-state index in [9.17, 15) is 9.18 Å². The zero-order valence-corrected chi connectivity index (χ0v) is 18.2. The topological polar surface area (TPSA) is 106 Å². The number of anilines is 1. The average Bonchev–Trinajstić information content (AvgIpc) is 2.96. The molecule has 0 saturated heterocycles. The van der Waals surface area contributed by atoms with Gasteiger partial charge in [0.1, 0.15) is 11.6 Å². The molecule has 0 fully saturated rings. The molecule has 5 rings (SSSR count). The Balaban J connectivity index is 1.62. The van der Waals surface area contributed by atoms with Crippen LogP contribution in [0.1, 0.15) is 32.9 Å². The first kappa shape index (κ1) is 21.1. The van der Waals surface area contributed by atoms with Gasteiger partial charge in [-0.05, 0) is 30.7 Å². The van der Waals surface area contributed by atoms with Gasteiger partial charge >= 0.3 is 0 Å². The minimum atomic E-state index is -0.495. The molecule has 2 aromatic carbocycles. The van der Waals surface area contributed by atoms with Gasteiger partial charge in [-0.2, -0.15) is 0 Å². The summed E-state index contributed by atoms with van der Waals surface area (Å²) in [6, 6.07) is 11.9. The van der Waals surface area contributed by atoms with Gasteiger partial charge in [-0.1, -0.05) is 24.3 Å². The van der Waals surface area contributed by atoms with Crippen LogP contribution >= 0.6 is 0 Å². The lowest BCUT2D eigenvalue weighted by atomic mass is 10.0. The summed E-state index contributed by atoms with van der Waals surface area (Å²) in [6.45, 7) is 3.54. The highest BCUT2D eigenvalue weighted by Gasteiger charge is 2.22. The molecule has 8 heteroatoms.